The second-order valence-electron chi connectivity index (χ2n) is 5.38. The molecule has 2 atom stereocenters. The van der Waals surface area contributed by atoms with Crippen LogP contribution >= 0.6 is 0 Å². The maximum Gasteiger partial charge on any atom is 0.128 e. The lowest BCUT2D eigenvalue weighted by molar-refractivity contribution is 0.407. The number of nitrogens with zero attached hydrogens (tertiary/aromatic N) is 1. The number of aryl methyl sites for hydroxylation is 1. The summed E-state index contributed by atoms with van der Waals surface area (Å²) in [6.07, 6.45) is 2.64. The maximum absolute atomic E-state index is 12.8. The molecule has 3 nitrogen and oxygen atoms in total. The molecular formula is C18H23NO2S. The normalized spacial score (nSPS) is 13.6. The van der Waals surface area contributed by atoms with Gasteiger partial charge < -0.3 is 4.74 Å². The number of benzene rings is 1. The number of ether oxygens (including phenoxy) is 1. The second kappa shape index (κ2) is 7.54. The van der Waals surface area contributed by atoms with Crippen LogP contribution in [-0.2, 0) is 16.6 Å². The van der Waals surface area contributed by atoms with Gasteiger partial charge in [-0.2, -0.15) is 0 Å². The molecule has 4 heteroatoms. The van der Waals surface area contributed by atoms with Crippen molar-refractivity contribution >= 4 is 10.8 Å². The second-order valence-corrected chi connectivity index (χ2v) is 7.00. The topological polar surface area (TPSA) is 39.2 Å². The lowest BCUT2D eigenvalue weighted by Gasteiger charge is -2.17. The van der Waals surface area contributed by atoms with E-state index < -0.39 is 10.8 Å². The van der Waals surface area contributed by atoms with Gasteiger partial charge in [-0.1, -0.05) is 37.3 Å². The average Bonchev–Trinajstić information content (AvgIpc) is 2.52. The Morgan fingerprint density at radius 2 is 1.91 bits per heavy atom. The summed E-state index contributed by atoms with van der Waals surface area (Å²) in [5.74, 6) is 1.30. The molecule has 0 amide bonds. The van der Waals surface area contributed by atoms with Crippen molar-refractivity contribution in [3.63, 3.8) is 0 Å². The molecule has 22 heavy (non-hydrogen) atoms. The van der Waals surface area contributed by atoms with E-state index in [-0.39, 0.29) is 5.25 Å². The van der Waals surface area contributed by atoms with Crippen LogP contribution in [0.15, 0.2) is 36.5 Å². The SMILES string of the molecule is CC[C@H](c1ccccc1)[S@@](=O)Cc1ncc(C)c(OC)c1C. The third-order valence-electron chi connectivity index (χ3n) is 3.89. The smallest absolute Gasteiger partial charge is 0.128 e. The molecule has 2 rings (SSSR count). The van der Waals surface area contributed by atoms with Crippen molar-refractivity contribution in [1.82, 2.24) is 4.98 Å². The summed E-state index contributed by atoms with van der Waals surface area (Å²) >= 11 is 0. The van der Waals surface area contributed by atoms with E-state index in [4.69, 9.17) is 4.74 Å². The lowest BCUT2D eigenvalue weighted by atomic mass is 10.1. The fourth-order valence-corrected chi connectivity index (χ4v) is 4.29. The first-order valence-electron chi connectivity index (χ1n) is 7.49. The summed E-state index contributed by atoms with van der Waals surface area (Å²) in [6, 6.07) is 10.1. The van der Waals surface area contributed by atoms with Gasteiger partial charge in [0.2, 0.25) is 0 Å². The van der Waals surface area contributed by atoms with E-state index in [0.29, 0.717) is 5.75 Å². The van der Waals surface area contributed by atoms with Crippen molar-refractivity contribution in [2.24, 2.45) is 0 Å². The monoisotopic (exact) mass is 317 g/mol. The Kier molecular flexibility index (Phi) is 5.72. The van der Waals surface area contributed by atoms with Gasteiger partial charge in [-0.3, -0.25) is 9.19 Å². The Bertz CT molecular complexity index is 656. The summed E-state index contributed by atoms with van der Waals surface area (Å²) < 4.78 is 18.2. The highest BCUT2D eigenvalue weighted by Gasteiger charge is 2.19. The van der Waals surface area contributed by atoms with Gasteiger partial charge in [-0.25, -0.2) is 0 Å². The molecule has 1 aromatic heterocycles. The number of rotatable bonds is 6. The number of hydrogen-bond acceptors (Lipinski definition) is 3. The van der Waals surface area contributed by atoms with E-state index in [0.717, 1.165) is 34.6 Å². The Labute approximate surface area is 135 Å². The molecule has 0 saturated heterocycles. The quantitative estimate of drug-likeness (QED) is 0.805. The van der Waals surface area contributed by atoms with Gasteiger partial charge in [0.05, 0.1) is 23.8 Å². The first-order chi connectivity index (χ1) is 10.6. The van der Waals surface area contributed by atoms with Crippen LogP contribution in [0.3, 0.4) is 0 Å². The summed E-state index contributed by atoms with van der Waals surface area (Å²) in [6.45, 7) is 6.03. The fourth-order valence-electron chi connectivity index (χ4n) is 2.69. The van der Waals surface area contributed by atoms with E-state index in [1.807, 2.05) is 44.2 Å². The third kappa shape index (κ3) is 3.55. The highest BCUT2D eigenvalue weighted by Crippen LogP contribution is 2.29. The Hall–Kier alpha value is -1.68. The zero-order chi connectivity index (χ0) is 16.1. The van der Waals surface area contributed by atoms with Gasteiger partial charge in [0, 0.05) is 28.1 Å². The van der Waals surface area contributed by atoms with E-state index in [1.165, 1.54) is 0 Å². The molecule has 0 fully saturated rings. The number of pyridine rings is 1. The molecule has 0 aliphatic heterocycles. The van der Waals surface area contributed by atoms with Crippen LogP contribution in [-0.4, -0.2) is 16.3 Å². The van der Waals surface area contributed by atoms with Gasteiger partial charge in [0.1, 0.15) is 5.75 Å². The van der Waals surface area contributed by atoms with Crippen LogP contribution in [0, 0.1) is 13.8 Å². The van der Waals surface area contributed by atoms with Gasteiger partial charge in [0.15, 0.2) is 0 Å². The van der Waals surface area contributed by atoms with Crippen LogP contribution in [0.4, 0.5) is 0 Å². The average molecular weight is 317 g/mol. The van der Waals surface area contributed by atoms with Crippen molar-refractivity contribution in [2.75, 3.05) is 7.11 Å². The fraction of sp³-hybridized carbons (Fsp3) is 0.389. The van der Waals surface area contributed by atoms with Crippen molar-refractivity contribution in [1.29, 1.82) is 0 Å². The molecule has 0 aliphatic rings. The first kappa shape index (κ1) is 16.7. The summed E-state index contributed by atoms with van der Waals surface area (Å²) in [5, 5.41) is 0.0368. The molecule has 2 aromatic rings. The Morgan fingerprint density at radius 1 is 1.23 bits per heavy atom. The minimum absolute atomic E-state index is 0.0368. The van der Waals surface area contributed by atoms with Crippen LogP contribution in [0.1, 0.15) is 41.0 Å². The number of hydrogen-bond donors (Lipinski definition) is 0. The zero-order valence-corrected chi connectivity index (χ0v) is 14.4. The van der Waals surface area contributed by atoms with Gasteiger partial charge in [-0.15, -0.1) is 0 Å². The lowest BCUT2D eigenvalue weighted by Crippen LogP contribution is -2.10. The van der Waals surface area contributed by atoms with E-state index >= 15 is 0 Å². The highest BCUT2D eigenvalue weighted by atomic mass is 32.2. The molecule has 0 spiro atoms. The van der Waals surface area contributed by atoms with E-state index in [2.05, 4.69) is 11.9 Å². The van der Waals surface area contributed by atoms with E-state index in [9.17, 15) is 4.21 Å². The van der Waals surface area contributed by atoms with Crippen LogP contribution in [0.5, 0.6) is 5.75 Å². The summed E-state index contributed by atoms with van der Waals surface area (Å²) in [4.78, 5) is 4.46. The first-order valence-corrected chi connectivity index (χ1v) is 8.87. The van der Waals surface area contributed by atoms with Crippen LogP contribution < -0.4 is 4.74 Å². The molecule has 0 N–H and O–H groups in total. The van der Waals surface area contributed by atoms with Gasteiger partial charge in [0.25, 0.3) is 0 Å². The number of aromatic nitrogens is 1. The molecule has 1 aromatic carbocycles. The Morgan fingerprint density at radius 3 is 2.50 bits per heavy atom. The molecular weight excluding hydrogens is 294 g/mol. The van der Waals surface area contributed by atoms with E-state index in [1.54, 1.807) is 13.3 Å². The largest absolute Gasteiger partial charge is 0.496 e. The molecule has 0 saturated carbocycles. The van der Waals surface area contributed by atoms with Crippen molar-refractivity contribution in [3.8, 4) is 5.75 Å². The predicted octanol–water partition coefficient (Wildman–Crippen LogP) is 4.11. The standard InChI is InChI=1S/C18H23NO2S/c1-5-17(15-9-7-6-8-10-15)22(20)12-16-14(3)18(21-4)13(2)11-19-16/h6-11,17H,5,12H2,1-4H3/t17-,22+/m1/s1. The number of methoxy groups -OCH3 is 1. The van der Waals surface area contributed by atoms with Gasteiger partial charge >= 0.3 is 0 Å². The minimum atomic E-state index is -1.00. The Balaban J connectivity index is 2.25. The molecule has 0 radical (unpaired) electrons. The summed E-state index contributed by atoms with van der Waals surface area (Å²) in [5.41, 5.74) is 3.97. The highest BCUT2D eigenvalue weighted by molar-refractivity contribution is 7.84. The maximum atomic E-state index is 12.8. The zero-order valence-electron chi connectivity index (χ0n) is 13.6. The van der Waals surface area contributed by atoms with Crippen molar-refractivity contribution in [3.05, 3.63) is 58.9 Å². The molecule has 1 heterocycles. The third-order valence-corrected chi connectivity index (χ3v) is 5.69. The van der Waals surface area contributed by atoms with Crippen molar-refractivity contribution < 1.29 is 8.95 Å². The predicted molar refractivity (Wildman–Crippen MR) is 91.6 cm³/mol. The van der Waals surface area contributed by atoms with Crippen molar-refractivity contribution in [2.45, 2.75) is 38.2 Å². The molecule has 0 aliphatic carbocycles. The molecule has 118 valence electrons. The van der Waals surface area contributed by atoms with Crippen LogP contribution in [0.25, 0.3) is 0 Å². The molecule has 0 unspecified atom stereocenters. The van der Waals surface area contributed by atoms with Crippen LogP contribution in [0.2, 0.25) is 0 Å². The molecule has 0 bridgehead atoms. The van der Waals surface area contributed by atoms with Gasteiger partial charge in [-0.05, 0) is 25.8 Å². The summed E-state index contributed by atoms with van der Waals surface area (Å²) in [7, 11) is 0.657. The minimum Gasteiger partial charge on any atom is -0.496 e.